The summed E-state index contributed by atoms with van der Waals surface area (Å²) in [5, 5.41) is 3.18. The number of nitrogens with one attached hydrogen (secondary N) is 2. The van der Waals surface area contributed by atoms with Crippen LogP contribution in [0.3, 0.4) is 0 Å². The minimum Gasteiger partial charge on any atom is -0.493 e. The monoisotopic (exact) mass is 336 g/mol. The molecule has 0 aromatic heterocycles. The van der Waals surface area contributed by atoms with Crippen molar-refractivity contribution in [3.8, 4) is 11.5 Å². The first-order valence-electron chi connectivity index (χ1n) is 6.52. The van der Waals surface area contributed by atoms with Gasteiger partial charge in [0.25, 0.3) is 0 Å². The predicted molar refractivity (Wildman–Crippen MR) is 83.0 cm³/mol. The van der Waals surface area contributed by atoms with Gasteiger partial charge in [0.15, 0.2) is 11.5 Å². The lowest BCUT2D eigenvalue weighted by Crippen LogP contribution is -2.45. The molecule has 0 saturated carbocycles. The summed E-state index contributed by atoms with van der Waals surface area (Å²) in [4.78, 5) is 0.181. The maximum Gasteiger partial charge on any atom is 0.241 e. The fourth-order valence-electron chi connectivity index (χ4n) is 2.22. The van der Waals surface area contributed by atoms with Crippen LogP contribution in [-0.2, 0) is 10.0 Å². The summed E-state index contributed by atoms with van der Waals surface area (Å²) in [6.07, 6.45) is 1.82. The van der Waals surface area contributed by atoms with Crippen molar-refractivity contribution in [2.24, 2.45) is 0 Å². The molecule has 8 heteroatoms. The number of ether oxygens (including phenoxy) is 2. The van der Waals surface area contributed by atoms with Gasteiger partial charge in [0.2, 0.25) is 10.0 Å². The van der Waals surface area contributed by atoms with Crippen LogP contribution in [0, 0.1) is 0 Å². The number of hydrogen-bond acceptors (Lipinski definition) is 5. The lowest BCUT2D eigenvalue weighted by molar-refractivity contribution is 0.353. The number of rotatable bonds is 5. The Morgan fingerprint density at radius 2 is 1.95 bits per heavy atom. The fraction of sp³-hybridized carbons (Fsp3) is 0.538. The van der Waals surface area contributed by atoms with E-state index in [2.05, 4.69) is 10.0 Å². The third-order valence-electron chi connectivity index (χ3n) is 3.28. The van der Waals surface area contributed by atoms with Gasteiger partial charge in [0.1, 0.15) is 0 Å². The molecule has 6 nitrogen and oxygen atoms in total. The number of benzene rings is 1. The van der Waals surface area contributed by atoms with Crippen molar-refractivity contribution < 1.29 is 17.9 Å². The highest BCUT2D eigenvalue weighted by atomic mass is 35.5. The highest BCUT2D eigenvalue weighted by Gasteiger charge is 2.22. The van der Waals surface area contributed by atoms with E-state index in [0.29, 0.717) is 18.0 Å². The molecule has 1 aromatic rings. The second-order valence-corrected chi connectivity index (χ2v) is 6.40. The predicted octanol–water partition coefficient (Wildman–Crippen LogP) is 1.16. The Balaban J connectivity index is 0.00000220. The molecule has 1 saturated heterocycles. The Hall–Kier alpha value is -1.02. The molecule has 0 amide bonds. The molecule has 1 aliphatic heterocycles. The molecule has 0 spiro atoms. The first-order valence-corrected chi connectivity index (χ1v) is 8.00. The van der Waals surface area contributed by atoms with Crippen LogP contribution < -0.4 is 19.5 Å². The minimum atomic E-state index is -3.54. The summed E-state index contributed by atoms with van der Waals surface area (Å²) in [5.74, 6) is 0.905. The smallest absolute Gasteiger partial charge is 0.241 e. The van der Waals surface area contributed by atoms with Crippen LogP contribution in [0.25, 0.3) is 0 Å². The van der Waals surface area contributed by atoms with E-state index in [-0.39, 0.29) is 23.3 Å². The first kappa shape index (κ1) is 18.0. The number of hydrogen-bond donors (Lipinski definition) is 2. The summed E-state index contributed by atoms with van der Waals surface area (Å²) in [6.45, 7) is 1.60. The van der Waals surface area contributed by atoms with E-state index in [1.165, 1.54) is 26.4 Å². The lowest BCUT2D eigenvalue weighted by atomic mass is 10.1. The summed E-state index contributed by atoms with van der Waals surface area (Å²) in [6, 6.07) is 4.51. The van der Waals surface area contributed by atoms with Crippen molar-refractivity contribution in [3.63, 3.8) is 0 Å². The maximum absolute atomic E-state index is 12.3. The van der Waals surface area contributed by atoms with Gasteiger partial charge in [-0.25, -0.2) is 13.1 Å². The Kier molecular flexibility index (Phi) is 6.73. The second-order valence-electron chi connectivity index (χ2n) is 4.68. The van der Waals surface area contributed by atoms with Gasteiger partial charge in [-0.05, 0) is 31.5 Å². The van der Waals surface area contributed by atoms with Crippen LogP contribution in [0.15, 0.2) is 23.1 Å². The third kappa shape index (κ3) is 4.47. The van der Waals surface area contributed by atoms with Crippen LogP contribution >= 0.6 is 12.4 Å². The van der Waals surface area contributed by atoms with Gasteiger partial charge >= 0.3 is 0 Å². The van der Waals surface area contributed by atoms with Gasteiger partial charge in [0.05, 0.1) is 19.1 Å². The van der Waals surface area contributed by atoms with Crippen molar-refractivity contribution >= 4 is 22.4 Å². The molecule has 1 aliphatic rings. The summed E-state index contributed by atoms with van der Waals surface area (Å²) in [7, 11) is -0.552. The van der Waals surface area contributed by atoms with Gasteiger partial charge in [0, 0.05) is 18.7 Å². The zero-order valence-corrected chi connectivity index (χ0v) is 13.7. The molecular weight excluding hydrogens is 316 g/mol. The molecule has 120 valence electrons. The van der Waals surface area contributed by atoms with Crippen LogP contribution in [-0.4, -0.2) is 41.8 Å². The van der Waals surface area contributed by atoms with Crippen LogP contribution in [0.4, 0.5) is 0 Å². The number of piperidine rings is 1. The van der Waals surface area contributed by atoms with Gasteiger partial charge in [-0.2, -0.15) is 0 Å². The fourth-order valence-corrected chi connectivity index (χ4v) is 3.51. The highest BCUT2D eigenvalue weighted by molar-refractivity contribution is 7.89. The Labute approximate surface area is 131 Å². The summed E-state index contributed by atoms with van der Waals surface area (Å²) in [5.41, 5.74) is 0. The van der Waals surface area contributed by atoms with E-state index in [0.717, 1.165) is 19.4 Å². The maximum atomic E-state index is 12.3. The normalized spacial score (nSPS) is 18.7. The molecule has 0 bridgehead atoms. The van der Waals surface area contributed by atoms with Gasteiger partial charge in [-0.15, -0.1) is 12.4 Å². The second kappa shape index (κ2) is 7.84. The summed E-state index contributed by atoms with van der Waals surface area (Å²) < 4.78 is 37.6. The van der Waals surface area contributed by atoms with E-state index in [4.69, 9.17) is 9.47 Å². The van der Waals surface area contributed by atoms with Crippen molar-refractivity contribution in [1.29, 1.82) is 0 Å². The van der Waals surface area contributed by atoms with Crippen LogP contribution in [0.1, 0.15) is 12.8 Å². The van der Waals surface area contributed by atoms with E-state index in [1.807, 2.05) is 0 Å². The standard InChI is InChI=1S/C13H20N2O4S.ClH/c1-18-12-6-5-11(8-13(12)19-2)20(16,17)15-10-4-3-7-14-9-10;/h5-6,8,10,14-15H,3-4,7,9H2,1-2H3;1H/t10-;/m1./s1. The molecule has 1 fully saturated rings. The van der Waals surface area contributed by atoms with Gasteiger partial charge < -0.3 is 14.8 Å². The minimum absolute atomic E-state index is 0. The van der Waals surface area contributed by atoms with E-state index in [1.54, 1.807) is 6.07 Å². The topological polar surface area (TPSA) is 76.7 Å². The van der Waals surface area contributed by atoms with Crippen LogP contribution in [0.2, 0.25) is 0 Å². The Bertz CT molecular complexity index is 559. The average Bonchev–Trinajstić information content (AvgIpc) is 2.47. The highest BCUT2D eigenvalue weighted by Crippen LogP contribution is 2.29. The number of halogens is 1. The lowest BCUT2D eigenvalue weighted by Gasteiger charge is -2.23. The van der Waals surface area contributed by atoms with E-state index in [9.17, 15) is 8.42 Å². The molecule has 1 aromatic carbocycles. The van der Waals surface area contributed by atoms with Gasteiger partial charge in [-0.3, -0.25) is 0 Å². The largest absolute Gasteiger partial charge is 0.493 e. The first-order chi connectivity index (χ1) is 9.56. The zero-order valence-electron chi connectivity index (χ0n) is 12.1. The third-order valence-corrected chi connectivity index (χ3v) is 4.80. The molecule has 0 radical (unpaired) electrons. The summed E-state index contributed by atoms with van der Waals surface area (Å²) >= 11 is 0. The van der Waals surface area contributed by atoms with Crippen molar-refractivity contribution in [2.75, 3.05) is 27.3 Å². The zero-order chi connectivity index (χ0) is 14.6. The Morgan fingerprint density at radius 3 is 2.52 bits per heavy atom. The molecule has 2 N–H and O–H groups in total. The van der Waals surface area contributed by atoms with Gasteiger partial charge in [-0.1, -0.05) is 0 Å². The van der Waals surface area contributed by atoms with E-state index >= 15 is 0 Å². The quantitative estimate of drug-likeness (QED) is 0.843. The molecule has 21 heavy (non-hydrogen) atoms. The number of sulfonamides is 1. The van der Waals surface area contributed by atoms with Crippen LogP contribution in [0.5, 0.6) is 11.5 Å². The molecule has 1 atom stereocenters. The molecular formula is C13H21ClN2O4S. The Morgan fingerprint density at radius 1 is 1.24 bits per heavy atom. The molecule has 0 aliphatic carbocycles. The average molecular weight is 337 g/mol. The van der Waals surface area contributed by atoms with Crippen molar-refractivity contribution in [3.05, 3.63) is 18.2 Å². The molecule has 2 rings (SSSR count). The van der Waals surface area contributed by atoms with E-state index < -0.39 is 10.0 Å². The number of methoxy groups -OCH3 is 2. The molecule has 1 heterocycles. The molecule has 0 unspecified atom stereocenters. The van der Waals surface area contributed by atoms with Crippen molar-refractivity contribution in [1.82, 2.24) is 10.0 Å². The SMILES string of the molecule is COc1ccc(S(=O)(=O)N[C@@H]2CCCNC2)cc1OC.Cl. The van der Waals surface area contributed by atoms with Crippen molar-refractivity contribution in [2.45, 2.75) is 23.8 Å².